The number of aromatic nitrogens is 3. The maximum Gasteiger partial charge on any atom is 0.319 e. The molecule has 3 fully saturated rings. The molecule has 43 heavy (non-hydrogen) atoms. The molecule has 0 saturated carbocycles. The second-order valence-electron chi connectivity index (χ2n) is 12.0. The van der Waals surface area contributed by atoms with Crippen LogP contribution in [0.25, 0.3) is 32.9 Å². The quantitative estimate of drug-likeness (QED) is 0.308. The van der Waals surface area contributed by atoms with E-state index in [-0.39, 0.29) is 41.9 Å². The summed E-state index contributed by atoms with van der Waals surface area (Å²) in [5.41, 5.74) is -0.0355. The van der Waals surface area contributed by atoms with Crippen LogP contribution >= 0.6 is 0 Å². The molecule has 222 valence electrons. The van der Waals surface area contributed by atoms with Gasteiger partial charge in [0.1, 0.15) is 35.6 Å². The second kappa shape index (κ2) is 11.0. The van der Waals surface area contributed by atoms with Crippen molar-refractivity contribution in [2.24, 2.45) is 5.92 Å². The van der Waals surface area contributed by atoms with Crippen molar-refractivity contribution < 1.29 is 23.0 Å². The average molecular weight is 588 g/mol. The van der Waals surface area contributed by atoms with Gasteiger partial charge in [0.05, 0.1) is 16.5 Å². The van der Waals surface area contributed by atoms with Gasteiger partial charge in [0.2, 0.25) is 0 Å². The summed E-state index contributed by atoms with van der Waals surface area (Å²) in [5, 5.41) is 11.3. The van der Waals surface area contributed by atoms with E-state index in [0.717, 1.165) is 32.2 Å². The van der Waals surface area contributed by atoms with Gasteiger partial charge in [-0.2, -0.15) is 9.97 Å². The Kier molecular flexibility index (Phi) is 7.10. The molecule has 0 bridgehead atoms. The highest BCUT2D eigenvalue weighted by Gasteiger charge is 2.49. The van der Waals surface area contributed by atoms with Gasteiger partial charge in [-0.3, -0.25) is 9.88 Å². The molecule has 5 heterocycles. The van der Waals surface area contributed by atoms with Crippen molar-refractivity contribution in [3.05, 3.63) is 53.7 Å². The lowest BCUT2D eigenvalue weighted by atomic mass is 9.95. The lowest BCUT2D eigenvalue weighted by Gasteiger charge is -2.34. The maximum absolute atomic E-state index is 16.6. The first kappa shape index (κ1) is 27.9. The van der Waals surface area contributed by atoms with Crippen molar-refractivity contribution in [3.8, 4) is 29.6 Å². The van der Waals surface area contributed by atoms with E-state index in [0.29, 0.717) is 53.6 Å². The molecule has 2 aromatic heterocycles. The molecule has 3 saturated heterocycles. The smallest absolute Gasteiger partial charge is 0.319 e. The number of fused-ring (bicyclic) bond motifs is 3. The fourth-order valence-electron chi connectivity index (χ4n) is 7.26. The molecule has 2 aromatic carbocycles. The number of nitrogens with zero attached hydrogens (tertiary/aromatic N) is 5. The number of rotatable bonds is 6. The Morgan fingerprint density at radius 2 is 2.00 bits per heavy atom. The number of alkyl halides is 1. The standard InChI is InChI=1S/C33H32F3N5O2/c1-2-23-26(35)10-9-21-7-3-8-24(27(21)23)29-28(36)30-25(15-37-29)31(40-12-4-6-20(16-40)18-42)39-32(38-30)43-19-33-11-5-13-41(33)17-22(34)14-33/h1,3,7-10,15,20,22,42H,4-6,11-14,16-19H2/t20-,22+,33-/m0/s1. The summed E-state index contributed by atoms with van der Waals surface area (Å²) in [6, 6.07) is 8.10. The molecule has 3 aliphatic heterocycles. The van der Waals surface area contributed by atoms with Gasteiger partial charge in [-0.1, -0.05) is 30.2 Å². The summed E-state index contributed by atoms with van der Waals surface area (Å²) < 4.78 is 51.9. The molecule has 7 rings (SSSR count). The zero-order valence-corrected chi connectivity index (χ0v) is 23.7. The third-order valence-corrected chi connectivity index (χ3v) is 9.35. The van der Waals surface area contributed by atoms with Gasteiger partial charge in [-0.05, 0) is 49.6 Å². The van der Waals surface area contributed by atoms with E-state index in [2.05, 4.69) is 20.8 Å². The summed E-state index contributed by atoms with van der Waals surface area (Å²) in [6.45, 7) is 2.65. The first-order valence-corrected chi connectivity index (χ1v) is 14.8. The Hall–Kier alpha value is -3.94. The topological polar surface area (TPSA) is 74.6 Å². The number of hydrogen-bond acceptors (Lipinski definition) is 7. The molecule has 0 amide bonds. The van der Waals surface area contributed by atoms with Gasteiger partial charge in [-0.25, -0.2) is 13.2 Å². The molecule has 4 aromatic rings. The molecule has 0 radical (unpaired) electrons. The molecule has 0 unspecified atom stereocenters. The normalized spacial score (nSPS) is 24.0. The van der Waals surface area contributed by atoms with E-state index in [4.69, 9.17) is 16.1 Å². The predicted octanol–water partition coefficient (Wildman–Crippen LogP) is 5.27. The Balaban J connectivity index is 1.36. The Bertz CT molecular complexity index is 1760. The third-order valence-electron chi connectivity index (χ3n) is 9.35. The fraction of sp³-hybridized carbons (Fsp3) is 0.424. The lowest BCUT2D eigenvalue weighted by Crippen LogP contribution is -2.43. The van der Waals surface area contributed by atoms with Crippen LogP contribution in [0.2, 0.25) is 0 Å². The Labute approximate surface area is 247 Å². The fourth-order valence-corrected chi connectivity index (χ4v) is 7.26. The van der Waals surface area contributed by atoms with E-state index >= 15 is 4.39 Å². The van der Waals surface area contributed by atoms with Gasteiger partial charge in [0.15, 0.2) is 5.82 Å². The van der Waals surface area contributed by atoms with E-state index in [1.54, 1.807) is 24.3 Å². The lowest BCUT2D eigenvalue weighted by molar-refractivity contribution is 0.107. The van der Waals surface area contributed by atoms with Crippen molar-refractivity contribution in [1.82, 2.24) is 19.9 Å². The first-order chi connectivity index (χ1) is 20.9. The van der Waals surface area contributed by atoms with Crippen LogP contribution in [0.3, 0.4) is 0 Å². The highest BCUT2D eigenvalue weighted by molar-refractivity contribution is 6.02. The zero-order valence-electron chi connectivity index (χ0n) is 23.7. The van der Waals surface area contributed by atoms with Crippen molar-refractivity contribution >= 4 is 27.5 Å². The molecular formula is C33H32F3N5O2. The number of hydrogen-bond donors (Lipinski definition) is 1. The molecule has 0 spiro atoms. The highest BCUT2D eigenvalue weighted by Crippen LogP contribution is 2.41. The minimum absolute atomic E-state index is 0.00137. The molecule has 3 atom stereocenters. The molecule has 3 aliphatic rings. The number of aliphatic hydroxyl groups excluding tert-OH is 1. The van der Waals surface area contributed by atoms with Crippen molar-refractivity contribution in [2.75, 3.05) is 44.3 Å². The molecule has 1 N–H and O–H groups in total. The van der Waals surface area contributed by atoms with Gasteiger partial charge >= 0.3 is 6.01 Å². The summed E-state index contributed by atoms with van der Waals surface area (Å²) in [5.74, 6) is 1.66. The van der Waals surface area contributed by atoms with Gasteiger partial charge in [0, 0.05) is 49.8 Å². The number of aliphatic hydroxyl groups is 1. The van der Waals surface area contributed by atoms with E-state index in [9.17, 15) is 13.9 Å². The number of terminal acetylenes is 1. The molecule has 10 heteroatoms. The second-order valence-corrected chi connectivity index (χ2v) is 12.0. The van der Waals surface area contributed by atoms with Crippen LogP contribution in [0.1, 0.15) is 37.7 Å². The average Bonchev–Trinajstić information content (AvgIpc) is 3.55. The largest absolute Gasteiger partial charge is 0.461 e. The summed E-state index contributed by atoms with van der Waals surface area (Å²) in [7, 11) is 0. The SMILES string of the molecule is C#Cc1c(F)ccc2cccc(-c3ncc4c(N5CCC[C@H](CO)C5)nc(OC[C@@]56CCCN5C[C@H](F)C6)nc4c3F)c12. The number of pyridine rings is 1. The number of halogens is 3. The van der Waals surface area contributed by atoms with E-state index in [1.807, 2.05) is 4.90 Å². The van der Waals surface area contributed by atoms with Crippen LogP contribution in [0, 0.1) is 29.9 Å². The molecule has 7 nitrogen and oxygen atoms in total. The van der Waals surface area contributed by atoms with Crippen molar-refractivity contribution in [1.29, 1.82) is 0 Å². The predicted molar refractivity (Wildman–Crippen MR) is 159 cm³/mol. The van der Waals surface area contributed by atoms with E-state index < -0.39 is 23.3 Å². The maximum atomic E-state index is 16.6. The van der Waals surface area contributed by atoms with Crippen LogP contribution in [0.4, 0.5) is 19.0 Å². The summed E-state index contributed by atoms with van der Waals surface area (Å²) >= 11 is 0. The molecule has 0 aliphatic carbocycles. The summed E-state index contributed by atoms with van der Waals surface area (Å²) in [6.07, 6.45) is 10.2. The monoisotopic (exact) mass is 587 g/mol. The molecular weight excluding hydrogens is 555 g/mol. The number of ether oxygens (including phenoxy) is 1. The van der Waals surface area contributed by atoms with Crippen LogP contribution < -0.4 is 9.64 Å². The van der Waals surface area contributed by atoms with Crippen LogP contribution in [0.5, 0.6) is 6.01 Å². The number of piperidine rings is 1. The summed E-state index contributed by atoms with van der Waals surface area (Å²) in [4.78, 5) is 17.9. The minimum atomic E-state index is -0.912. The van der Waals surface area contributed by atoms with E-state index in [1.165, 1.54) is 12.3 Å². The van der Waals surface area contributed by atoms with Crippen LogP contribution in [0.15, 0.2) is 36.5 Å². The van der Waals surface area contributed by atoms with Crippen LogP contribution in [-0.2, 0) is 0 Å². The highest BCUT2D eigenvalue weighted by atomic mass is 19.1. The Morgan fingerprint density at radius 1 is 1.12 bits per heavy atom. The number of anilines is 1. The van der Waals surface area contributed by atoms with Crippen molar-refractivity contribution in [2.45, 2.75) is 43.8 Å². The number of benzene rings is 2. The van der Waals surface area contributed by atoms with Gasteiger partial charge in [0.25, 0.3) is 0 Å². The minimum Gasteiger partial charge on any atom is -0.461 e. The van der Waals surface area contributed by atoms with Crippen LogP contribution in [-0.4, -0.2) is 76.1 Å². The zero-order chi connectivity index (χ0) is 29.7. The van der Waals surface area contributed by atoms with Gasteiger partial charge < -0.3 is 14.7 Å². The Morgan fingerprint density at radius 3 is 2.84 bits per heavy atom. The third kappa shape index (κ3) is 4.75. The first-order valence-electron chi connectivity index (χ1n) is 14.8. The van der Waals surface area contributed by atoms with Gasteiger partial charge in [-0.15, -0.1) is 6.42 Å². The van der Waals surface area contributed by atoms with Crippen molar-refractivity contribution in [3.63, 3.8) is 0 Å².